The van der Waals surface area contributed by atoms with Gasteiger partial charge in [0, 0.05) is 27.7 Å². The number of hydrogen-bond donors (Lipinski definition) is 1. The van der Waals surface area contributed by atoms with Crippen molar-refractivity contribution >= 4 is 44.2 Å². The fraction of sp³-hybridized carbons (Fsp3) is 0.176. The van der Waals surface area contributed by atoms with Crippen molar-refractivity contribution in [1.29, 1.82) is 0 Å². The number of anilines is 1. The Balaban J connectivity index is 1.92. The Bertz CT molecular complexity index is 787. The van der Waals surface area contributed by atoms with Gasteiger partial charge in [-0.3, -0.25) is 0 Å². The van der Waals surface area contributed by atoms with E-state index in [2.05, 4.69) is 47.2 Å². The maximum Gasteiger partial charge on any atom is 0.199 e. The zero-order valence-electron chi connectivity index (χ0n) is 11.8. The highest BCUT2D eigenvalue weighted by Gasteiger charge is 2.12. The second kappa shape index (κ2) is 5.74. The van der Waals surface area contributed by atoms with Gasteiger partial charge in [0.25, 0.3) is 0 Å². The molecule has 0 atom stereocenters. The minimum absolute atomic E-state index is 0.455. The lowest BCUT2D eigenvalue weighted by Crippen LogP contribution is -2.03. The zero-order chi connectivity index (χ0) is 15.0. The minimum Gasteiger partial charge on any atom is -0.444 e. The first-order valence-electron chi connectivity index (χ1n) is 6.73. The number of para-hydroxylation sites is 1. The van der Waals surface area contributed by atoms with Gasteiger partial charge >= 0.3 is 0 Å². The summed E-state index contributed by atoms with van der Waals surface area (Å²) in [6.45, 7) is 4.82. The van der Waals surface area contributed by atoms with Crippen molar-refractivity contribution in [2.24, 2.45) is 0 Å². The van der Waals surface area contributed by atoms with Crippen molar-refractivity contribution in [3.63, 3.8) is 0 Å². The number of furan rings is 1. The Morgan fingerprint density at radius 1 is 1.14 bits per heavy atom. The van der Waals surface area contributed by atoms with Crippen molar-refractivity contribution in [2.45, 2.75) is 20.4 Å². The molecule has 21 heavy (non-hydrogen) atoms. The molecule has 1 N–H and O–H groups in total. The molecule has 3 rings (SSSR count). The van der Waals surface area contributed by atoms with E-state index in [1.165, 1.54) is 11.1 Å². The highest BCUT2D eigenvalue weighted by atomic mass is 79.9. The molecule has 1 heterocycles. The maximum absolute atomic E-state index is 6.22. The molecule has 108 valence electrons. The monoisotopic (exact) mass is 363 g/mol. The highest BCUT2D eigenvalue weighted by Crippen LogP contribution is 2.31. The maximum atomic E-state index is 6.22. The molecule has 2 aromatic carbocycles. The molecule has 0 spiro atoms. The predicted molar refractivity (Wildman–Crippen MR) is 92.2 cm³/mol. The Kier molecular flexibility index (Phi) is 3.96. The van der Waals surface area contributed by atoms with Crippen LogP contribution >= 0.6 is 27.5 Å². The highest BCUT2D eigenvalue weighted by molar-refractivity contribution is 9.10. The lowest BCUT2D eigenvalue weighted by Gasteiger charge is -2.13. The van der Waals surface area contributed by atoms with Crippen molar-refractivity contribution in [3.8, 4) is 0 Å². The third kappa shape index (κ3) is 2.81. The molecule has 0 aliphatic carbocycles. The van der Waals surface area contributed by atoms with Crippen molar-refractivity contribution in [3.05, 3.63) is 62.8 Å². The van der Waals surface area contributed by atoms with Gasteiger partial charge in [0.2, 0.25) is 0 Å². The summed E-state index contributed by atoms with van der Waals surface area (Å²) < 4.78 is 6.68. The lowest BCUT2D eigenvalue weighted by atomic mass is 10.1. The van der Waals surface area contributed by atoms with Gasteiger partial charge in [0.05, 0.1) is 0 Å². The molecule has 4 heteroatoms. The quantitative estimate of drug-likeness (QED) is 0.609. The van der Waals surface area contributed by atoms with Crippen LogP contribution in [0.15, 0.2) is 45.3 Å². The normalized spacial score (nSPS) is 11.0. The number of nitrogens with one attached hydrogen (secondary N) is 1. The zero-order valence-corrected chi connectivity index (χ0v) is 14.2. The number of rotatable bonds is 3. The second-order valence-electron chi connectivity index (χ2n) is 5.12. The Morgan fingerprint density at radius 2 is 1.81 bits per heavy atom. The fourth-order valence-corrected chi connectivity index (χ4v) is 3.54. The van der Waals surface area contributed by atoms with Crippen LogP contribution in [0.2, 0.25) is 5.22 Å². The van der Waals surface area contributed by atoms with Gasteiger partial charge in [-0.2, -0.15) is 0 Å². The molecule has 0 saturated heterocycles. The number of aryl methyl sites for hydroxylation is 2. The van der Waals surface area contributed by atoms with Gasteiger partial charge in [-0.15, -0.1) is 0 Å². The number of hydrogen-bond acceptors (Lipinski definition) is 2. The Labute approximate surface area is 137 Å². The van der Waals surface area contributed by atoms with Crippen LogP contribution in [-0.2, 0) is 6.54 Å². The van der Waals surface area contributed by atoms with E-state index in [0.717, 1.165) is 26.7 Å². The van der Waals surface area contributed by atoms with Crippen molar-refractivity contribution in [2.75, 3.05) is 5.32 Å². The molecule has 0 fully saturated rings. The van der Waals surface area contributed by atoms with Gasteiger partial charge in [-0.1, -0.05) is 34.1 Å². The van der Waals surface area contributed by atoms with Gasteiger partial charge in [0.1, 0.15) is 5.58 Å². The van der Waals surface area contributed by atoms with Crippen LogP contribution in [0.3, 0.4) is 0 Å². The van der Waals surface area contributed by atoms with Gasteiger partial charge in [-0.05, 0) is 54.8 Å². The van der Waals surface area contributed by atoms with Gasteiger partial charge < -0.3 is 9.73 Å². The van der Waals surface area contributed by atoms with Crippen molar-refractivity contribution in [1.82, 2.24) is 0 Å². The largest absolute Gasteiger partial charge is 0.444 e. The molecular formula is C17H15BrClNO. The molecule has 0 saturated carbocycles. The van der Waals surface area contributed by atoms with E-state index >= 15 is 0 Å². The van der Waals surface area contributed by atoms with Crippen LogP contribution in [0.5, 0.6) is 0 Å². The van der Waals surface area contributed by atoms with E-state index in [0.29, 0.717) is 11.8 Å². The van der Waals surface area contributed by atoms with E-state index in [-0.39, 0.29) is 0 Å². The summed E-state index contributed by atoms with van der Waals surface area (Å²) in [5.74, 6) is 0. The molecule has 0 unspecified atom stereocenters. The molecule has 3 aromatic rings. The van der Waals surface area contributed by atoms with Crippen LogP contribution in [0.25, 0.3) is 11.0 Å². The lowest BCUT2D eigenvalue weighted by molar-refractivity contribution is 0.613. The molecule has 1 aromatic heterocycles. The SMILES string of the molecule is Cc1cc(Br)cc(C)c1NCc1c(Cl)oc2ccccc12. The predicted octanol–water partition coefficient (Wildman–Crippen LogP) is 6.08. The van der Waals surface area contributed by atoms with E-state index in [1.54, 1.807) is 0 Å². The van der Waals surface area contributed by atoms with E-state index in [9.17, 15) is 0 Å². The van der Waals surface area contributed by atoms with Crippen LogP contribution < -0.4 is 5.32 Å². The summed E-state index contributed by atoms with van der Waals surface area (Å²) in [5.41, 5.74) is 5.36. The molecule has 0 aliphatic heterocycles. The molecule has 0 aliphatic rings. The van der Waals surface area contributed by atoms with E-state index < -0.39 is 0 Å². The first-order chi connectivity index (χ1) is 10.1. The van der Waals surface area contributed by atoms with E-state index in [1.807, 2.05) is 24.3 Å². The number of fused-ring (bicyclic) bond motifs is 1. The molecule has 2 nitrogen and oxygen atoms in total. The standard InChI is InChI=1S/C17H15BrClNO/c1-10-7-12(18)8-11(2)16(10)20-9-14-13-5-3-4-6-15(13)21-17(14)19/h3-8,20H,9H2,1-2H3. The summed E-state index contributed by atoms with van der Waals surface area (Å²) in [6, 6.07) is 12.1. The summed E-state index contributed by atoms with van der Waals surface area (Å²) in [6.07, 6.45) is 0. The number of benzene rings is 2. The Morgan fingerprint density at radius 3 is 2.52 bits per heavy atom. The van der Waals surface area contributed by atoms with Gasteiger partial charge in [0.15, 0.2) is 5.22 Å². The third-order valence-electron chi connectivity index (χ3n) is 3.59. The number of halogens is 2. The molecule has 0 radical (unpaired) electrons. The summed E-state index contributed by atoms with van der Waals surface area (Å²) in [7, 11) is 0. The molecule has 0 amide bonds. The average molecular weight is 365 g/mol. The second-order valence-corrected chi connectivity index (χ2v) is 6.38. The topological polar surface area (TPSA) is 25.2 Å². The summed E-state index contributed by atoms with van der Waals surface area (Å²) in [5, 5.41) is 4.99. The van der Waals surface area contributed by atoms with Crippen LogP contribution in [0.4, 0.5) is 5.69 Å². The smallest absolute Gasteiger partial charge is 0.199 e. The van der Waals surface area contributed by atoms with Crippen LogP contribution in [0, 0.1) is 13.8 Å². The molecule has 0 bridgehead atoms. The average Bonchev–Trinajstić information content (AvgIpc) is 2.73. The van der Waals surface area contributed by atoms with Gasteiger partial charge in [-0.25, -0.2) is 0 Å². The van der Waals surface area contributed by atoms with Crippen LogP contribution in [-0.4, -0.2) is 0 Å². The Hall–Kier alpha value is -1.45. The van der Waals surface area contributed by atoms with E-state index in [4.69, 9.17) is 16.0 Å². The van der Waals surface area contributed by atoms with Crippen LogP contribution in [0.1, 0.15) is 16.7 Å². The minimum atomic E-state index is 0.455. The molecular weight excluding hydrogens is 350 g/mol. The summed E-state index contributed by atoms with van der Waals surface area (Å²) >= 11 is 9.74. The third-order valence-corrected chi connectivity index (χ3v) is 4.35. The fourth-order valence-electron chi connectivity index (χ4n) is 2.60. The summed E-state index contributed by atoms with van der Waals surface area (Å²) in [4.78, 5) is 0. The van der Waals surface area contributed by atoms with Crippen molar-refractivity contribution < 1.29 is 4.42 Å². The first kappa shape index (κ1) is 14.5. The first-order valence-corrected chi connectivity index (χ1v) is 7.90.